The van der Waals surface area contributed by atoms with E-state index < -0.39 is 0 Å². The van der Waals surface area contributed by atoms with E-state index in [9.17, 15) is 4.79 Å². The van der Waals surface area contributed by atoms with Crippen LogP contribution in [0.15, 0.2) is 24.3 Å². The van der Waals surface area contributed by atoms with Crippen LogP contribution >= 0.6 is 11.3 Å². The highest BCUT2D eigenvalue weighted by Crippen LogP contribution is 2.36. The number of H-pyrrole nitrogens is 1. The molecule has 0 amide bonds. The molecular formula is C19H21NOS. The first-order chi connectivity index (χ1) is 10.3. The molecule has 0 spiro atoms. The Morgan fingerprint density at radius 3 is 2.41 bits per heavy atom. The zero-order valence-corrected chi connectivity index (χ0v) is 14.5. The lowest BCUT2D eigenvalue weighted by atomic mass is 9.86. The van der Waals surface area contributed by atoms with Crippen molar-refractivity contribution in [2.75, 3.05) is 0 Å². The van der Waals surface area contributed by atoms with E-state index in [2.05, 4.69) is 63.9 Å². The van der Waals surface area contributed by atoms with Crippen LogP contribution in [0.2, 0.25) is 0 Å². The van der Waals surface area contributed by atoms with Gasteiger partial charge in [0.1, 0.15) is 0 Å². The Balaban J connectivity index is 2.29. The summed E-state index contributed by atoms with van der Waals surface area (Å²) in [7, 11) is 0. The van der Waals surface area contributed by atoms with E-state index in [-0.39, 0.29) is 5.41 Å². The minimum absolute atomic E-state index is 0.0701. The van der Waals surface area contributed by atoms with Gasteiger partial charge in [0.25, 0.3) is 0 Å². The standard InChI is InChI=1S/C19H21NOS/c1-11-8-14(12(2)22-11)18-16(10-21)15-9-13(19(3,4)5)6-7-17(15)20-18/h6-10,20H,1-5H3. The van der Waals surface area contributed by atoms with Crippen molar-refractivity contribution >= 4 is 28.5 Å². The van der Waals surface area contributed by atoms with Crippen molar-refractivity contribution in [1.29, 1.82) is 0 Å². The minimum atomic E-state index is 0.0701. The first kappa shape index (κ1) is 15.0. The highest BCUT2D eigenvalue weighted by Gasteiger charge is 2.19. The van der Waals surface area contributed by atoms with E-state index >= 15 is 0 Å². The zero-order valence-electron chi connectivity index (χ0n) is 13.7. The van der Waals surface area contributed by atoms with Gasteiger partial charge in [0.05, 0.1) is 5.69 Å². The molecule has 0 saturated carbocycles. The van der Waals surface area contributed by atoms with Gasteiger partial charge in [-0.05, 0) is 43.0 Å². The number of fused-ring (bicyclic) bond motifs is 1. The molecule has 3 aromatic rings. The molecule has 2 nitrogen and oxygen atoms in total. The fourth-order valence-electron chi connectivity index (χ4n) is 2.89. The Morgan fingerprint density at radius 1 is 1.14 bits per heavy atom. The van der Waals surface area contributed by atoms with Gasteiger partial charge in [-0.2, -0.15) is 0 Å². The first-order valence-electron chi connectivity index (χ1n) is 7.50. The largest absolute Gasteiger partial charge is 0.354 e. The summed E-state index contributed by atoms with van der Waals surface area (Å²) in [5.74, 6) is 0. The summed E-state index contributed by atoms with van der Waals surface area (Å²) >= 11 is 1.76. The summed E-state index contributed by atoms with van der Waals surface area (Å²) in [6, 6.07) is 8.53. The molecule has 0 saturated heterocycles. The molecule has 0 aliphatic heterocycles. The van der Waals surface area contributed by atoms with Crippen molar-refractivity contribution < 1.29 is 4.79 Å². The van der Waals surface area contributed by atoms with Gasteiger partial charge in [0, 0.05) is 31.8 Å². The summed E-state index contributed by atoms with van der Waals surface area (Å²) in [5, 5.41) is 1.01. The van der Waals surface area contributed by atoms with Gasteiger partial charge in [-0.25, -0.2) is 0 Å². The van der Waals surface area contributed by atoms with Crippen LogP contribution in [0.3, 0.4) is 0 Å². The molecular weight excluding hydrogens is 290 g/mol. The number of aromatic amines is 1. The third kappa shape index (κ3) is 2.40. The number of thiophene rings is 1. The van der Waals surface area contributed by atoms with Crippen LogP contribution in [0.5, 0.6) is 0 Å². The van der Waals surface area contributed by atoms with Crippen molar-refractivity contribution in [3.63, 3.8) is 0 Å². The van der Waals surface area contributed by atoms with Gasteiger partial charge in [-0.1, -0.05) is 26.8 Å². The fraction of sp³-hybridized carbons (Fsp3) is 0.316. The normalized spacial score (nSPS) is 12.0. The van der Waals surface area contributed by atoms with Crippen LogP contribution in [-0.4, -0.2) is 11.3 Å². The third-order valence-corrected chi connectivity index (χ3v) is 5.10. The lowest BCUT2D eigenvalue weighted by Gasteiger charge is -2.18. The molecule has 2 aromatic heterocycles. The molecule has 0 aliphatic rings. The second-order valence-electron chi connectivity index (χ2n) is 6.87. The number of aldehydes is 1. The van der Waals surface area contributed by atoms with Crippen molar-refractivity contribution in [3.8, 4) is 11.3 Å². The lowest BCUT2D eigenvalue weighted by molar-refractivity contribution is 0.112. The number of rotatable bonds is 2. The molecule has 1 aromatic carbocycles. The van der Waals surface area contributed by atoms with E-state index in [0.717, 1.165) is 34.0 Å². The average molecular weight is 311 g/mol. The monoisotopic (exact) mass is 311 g/mol. The van der Waals surface area contributed by atoms with Crippen LogP contribution < -0.4 is 0 Å². The number of hydrogen-bond acceptors (Lipinski definition) is 2. The Hall–Kier alpha value is -1.87. The van der Waals surface area contributed by atoms with Crippen molar-refractivity contribution in [3.05, 3.63) is 45.1 Å². The summed E-state index contributed by atoms with van der Waals surface area (Å²) in [6.07, 6.45) is 0.979. The number of benzene rings is 1. The van der Waals surface area contributed by atoms with Crippen LogP contribution in [-0.2, 0) is 5.41 Å². The number of aromatic nitrogens is 1. The van der Waals surface area contributed by atoms with Crippen LogP contribution in [0.1, 0.15) is 46.4 Å². The highest BCUT2D eigenvalue weighted by molar-refractivity contribution is 7.12. The molecule has 0 atom stereocenters. The number of hydrogen-bond donors (Lipinski definition) is 1. The molecule has 114 valence electrons. The van der Waals surface area contributed by atoms with Crippen molar-refractivity contribution in [2.24, 2.45) is 0 Å². The Bertz CT molecular complexity index is 862. The van der Waals surface area contributed by atoms with Gasteiger partial charge < -0.3 is 4.98 Å². The Kier molecular flexibility index (Phi) is 3.48. The SMILES string of the molecule is Cc1cc(-c2[nH]c3ccc(C(C)(C)C)cc3c2C=O)c(C)s1. The van der Waals surface area contributed by atoms with Gasteiger partial charge >= 0.3 is 0 Å². The molecule has 2 heterocycles. The molecule has 0 bridgehead atoms. The topological polar surface area (TPSA) is 32.9 Å². The van der Waals surface area contributed by atoms with E-state index in [4.69, 9.17) is 0 Å². The summed E-state index contributed by atoms with van der Waals surface area (Å²) < 4.78 is 0. The smallest absolute Gasteiger partial charge is 0.152 e. The first-order valence-corrected chi connectivity index (χ1v) is 8.31. The summed E-state index contributed by atoms with van der Waals surface area (Å²) in [6.45, 7) is 10.8. The average Bonchev–Trinajstić information content (AvgIpc) is 2.96. The van der Waals surface area contributed by atoms with Crippen LogP contribution in [0, 0.1) is 13.8 Å². The Labute approximate surface area is 135 Å². The number of aryl methyl sites for hydroxylation is 2. The van der Waals surface area contributed by atoms with Crippen molar-refractivity contribution in [1.82, 2.24) is 4.98 Å². The fourth-order valence-corrected chi connectivity index (χ4v) is 3.82. The second kappa shape index (κ2) is 5.10. The summed E-state index contributed by atoms with van der Waals surface area (Å²) in [4.78, 5) is 17.7. The molecule has 0 fully saturated rings. The lowest BCUT2D eigenvalue weighted by Crippen LogP contribution is -2.10. The maximum absolute atomic E-state index is 11.7. The summed E-state index contributed by atoms with van der Waals surface area (Å²) in [5.41, 5.74) is 5.18. The van der Waals surface area contributed by atoms with E-state index in [1.807, 2.05) is 0 Å². The minimum Gasteiger partial charge on any atom is -0.354 e. The third-order valence-electron chi connectivity index (χ3n) is 4.13. The Morgan fingerprint density at radius 2 is 1.86 bits per heavy atom. The zero-order chi connectivity index (χ0) is 16.1. The molecule has 3 heteroatoms. The highest BCUT2D eigenvalue weighted by atomic mass is 32.1. The molecule has 1 N–H and O–H groups in total. The van der Waals surface area contributed by atoms with E-state index in [0.29, 0.717) is 0 Å². The van der Waals surface area contributed by atoms with E-state index in [1.54, 1.807) is 11.3 Å². The molecule has 22 heavy (non-hydrogen) atoms. The predicted octanol–water partition coefficient (Wildman–Crippen LogP) is 5.62. The van der Waals surface area contributed by atoms with Gasteiger partial charge in [-0.3, -0.25) is 4.79 Å². The number of carbonyl (C=O) groups excluding carboxylic acids is 1. The van der Waals surface area contributed by atoms with Gasteiger partial charge in [0.2, 0.25) is 0 Å². The molecule has 0 radical (unpaired) electrons. The maximum Gasteiger partial charge on any atom is 0.152 e. The van der Waals surface area contributed by atoms with Crippen LogP contribution in [0.25, 0.3) is 22.2 Å². The van der Waals surface area contributed by atoms with Crippen LogP contribution in [0.4, 0.5) is 0 Å². The number of nitrogens with one attached hydrogen (secondary N) is 1. The van der Waals surface area contributed by atoms with E-state index in [1.165, 1.54) is 15.3 Å². The molecule has 0 unspecified atom stereocenters. The second-order valence-corrected chi connectivity index (χ2v) is 8.33. The molecule has 0 aliphatic carbocycles. The molecule has 3 rings (SSSR count). The van der Waals surface area contributed by atoms with Crippen molar-refractivity contribution in [2.45, 2.75) is 40.0 Å². The number of carbonyl (C=O) groups is 1. The quantitative estimate of drug-likeness (QED) is 0.612. The van der Waals surface area contributed by atoms with Gasteiger partial charge in [0.15, 0.2) is 6.29 Å². The maximum atomic E-state index is 11.7. The van der Waals surface area contributed by atoms with Gasteiger partial charge in [-0.15, -0.1) is 11.3 Å². The predicted molar refractivity (Wildman–Crippen MR) is 95.2 cm³/mol.